The number of hydrogen-bond acceptors (Lipinski definition) is 5. The Hall–Kier alpha value is -3.38. The predicted molar refractivity (Wildman–Crippen MR) is 120 cm³/mol. The van der Waals surface area contributed by atoms with Gasteiger partial charge in [0.25, 0.3) is 5.91 Å². The van der Waals surface area contributed by atoms with Crippen molar-refractivity contribution in [3.63, 3.8) is 0 Å². The van der Waals surface area contributed by atoms with Gasteiger partial charge in [0.05, 0.1) is 22.5 Å². The summed E-state index contributed by atoms with van der Waals surface area (Å²) in [5.74, 6) is -0.209. The first-order chi connectivity index (χ1) is 14.4. The number of hydrogen-bond donors (Lipinski definition) is 0. The highest BCUT2D eigenvalue weighted by atomic mass is 32.1. The van der Waals surface area contributed by atoms with Gasteiger partial charge in [0.1, 0.15) is 0 Å². The molecule has 0 atom stereocenters. The van der Waals surface area contributed by atoms with E-state index >= 15 is 0 Å². The number of aromatic nitrogens is 2. The highest BCUT2D eigenvalue weighted by Crippen LogP contribution is 2.32. The van der Waals surface area contributed by atoms with Gasteiger partial charge in [-0.2, -0.15) is 0 Å². The van der Waals surface area contributed by atoms with Crippen LogP contribution in [0, 0.1) is 13.8 Å². The standard InChI is InChI=1S/C24H21N3O2S/c1-15-12-21-22(13-16(15)2)30-24(26-21)27(14-20-6-4-5-11-25-20)23(29)19-9-7-18(8-10-19)17(3)28/h4-13H,14H2,1-3H3. The molecular formula is C24H21N3O2S. The number of ketones is 1. The lowest BCUT2D eigenvalue weighted by Gasteiger charge is -2.19. The van der Waals surface area contributed by atoms with Crippen molar-refractivity contribution in [3.8, 4) is 0 Å². The van der Waals surface area contributed by atoms with Crippen molar-refractivity contribution in [2.24, 2.45) is 0 Å². The Morgan fingerprint density at radius 3 is 2.33 bits per heavy atom. The number of fused-ring (bicyclic) bond motifs is 1. The first-order valence-corrected chi connectivity index (χ1v) is 10.4. The third-order valence-corrected chi connectivity index (χ3v) is 6.09. The summed E-state index contributed by atoms with van der Waals surface area (Å²) in [6.07, 6.45) is 1.71. The Bertz CT molecular complexity index is 1190. The van der Waals surface area contributed by atoms with Crippen LogP contribution in [0.2, 0.25) is 0 Å². The van der Waals surface area contributed by atoms with E-state index in [1.165, 1.54) is 29.4 Å². The third-order valence-electron chi connectivity index (χ3n) is 5.05. The van der Waals surface area contributed by atoms with Crippen molar-refractivity contribution < 1.29 is 9.59 Å². The average Bonchev–Trinajstić information content (AvgIpc) is 3.15. The zero-order chi connectivity index (χ0) is 21.3. The number of benzene rings is 2. The summed E-state index contributed by atoms with van der Waals surface area (Å²) in [7, 11) is 0. The molecule has 2 aromatic carbocycles. The molecule has 6 heteroatoms. The van der Waals surface area contributed by atoms with Crippen LogP contribution in [0.25, 0.3) is 10.2 Å². The van der Waals surface area contributed by atoms with Gasteiger partial charge >= 0.3 is 0 Å². The quantitative estimate of drug-likeness (QED) is 0.412. The van der Waals surface area contributed by atoms with E-state index in [4.69, 9.17) is 4.98 Å². The highest BCUT2D eigenvalue weighted by molar-refractivity contribution is 7.22. The minimum atomic E-state index is -0.178. The van der Waals surface area contributed by atoms with Crippen LogP contribution in [0.15, 0.2) is 60.8 Å². The second-order valence-corrected chi connectivity index (χ2v) is 8.26. The molecule has 0 aliphatic rings. The highest BCUT2D eigenvalue weighted by Gasteiger charge is 2.22. The lowest BCUT2D eigenvalue weighted by molar-refractivity contribution is 0.0980. The van der Waals surface area contributed by atoms with Gasteiger partial charge in [-0.1, -0.05) is 29.5 Å². The van der Waals surface area contributed by atoms with Gasteiger partial charge in [-0.05, 0) is 68.3 Å². The van der Waals surface area contributed by atoms with Gasteiger partial charge in [0, 0.05) is 17.3 Å². The largest absolute Gasteiger partial charge is 0.295 e. The Balaban J connectivity index is 1.76. The molecule has 0 bridgehead atoms. The van der Waals surface area contributed by atoms with E-state index in [2.05, 4.69) is 31.0 Å². The first-order valence-electron chi connectivity index (χ1n) is 9.63. The van der Waals surface area contributed by atoms with E-state index in [1.54, 1.807) is 35.4 Å². The summed E-state index contributed by atoms with van der Waals surface area (Å²) in [6, 6.07) is 16.5. The number of rotatable bonds is 5. The molecular weight excluding hydrogens is 394 g/mol. The number of carbonyl (C=O) groups is 2. The van der Waals surface area contributed by atoms with Crippen LogP contribution in [0.4, 0.5) is 5.13 Å². The molecule has 0 spiro atoms. The van der Waals surface area contributed by atoms with E-state index in [0.717, 1.165) is 15.9 Å². The molecule has 0 saturated carbocycles. The number of pyridine rings is 1. The number of carbonyl (C=O) groups excluding carboxylic acids is 2. The van der Waals surface area contributed by atoms with Crippen molar-refractivity contribution >= 4 is 38.4 Å². The zero-order valence-electron chi connectivity index (χ0n) is 17.0. The van der Waals surface area contributed by atoms with Gasteiger partial charge in [-0.15, -0.1) is 0 Å². The van der Waals surface area contributed by atoms with Crippen LogP contribution in [-0.4, -0.2) is 21.7 Å². The smallest absolute Gasteiger partial charge is 0.260 e. The van der Waals surface area contributed by atoms with E-state index in [0.29, 0.717) is 22.8 Å². The molecule has 2 aromatic heterocycles. The van der Waals surface area contributed by atoms with Crippen LogP contribution in [0.5, 0.6) is 0 Å². The van der Waals surface area contributed by atoms with Gasteiger partial charge in [0.15, 0.2) is 10.9 Å². The third kappa shape index (κ3) is 4.00. The van der Waals surface area contributed by atoms with Gasteiger partial charge in [-0.25, -0.2) is 4.98 Å². The van der Waals surface area contributed by atoms with Crippen LogP contribution in [0.3, 0.4) is 0 Å². The molecule has 1 amide bonds. The minimum absolute atomic E-state index is 0.0312. The molecule has 0 aliphatic carbocycles. The molecule has 0 fully saturated rings. The summed E-state index contributed by atoms with van der Waals surface area (Å²) in [5, 5.41) is 0.626. The van der Waals surface area contributed by atoms with Gasteiger partial charge < -0.3 is 0 Å². The number of anilines is 1. The number of aryl methyl sites for hydroxylation is 2. The maximum atomic E-state index is 13.4. The minimum Gasteiger partial charge on any atom is -0.295 e. The fourth-order valence-corrected chi connectivity index (χ4v) is 4.21. The Morgan fingerprint density at radius 2 is 1.67 bits per heavy atom. The molecule has 4 aromatic rings. The lowest BCUT2D eigenvalue weighted by Crippen LogP contribution is -2.30. The van der Waals surface area contributed by atoms with Crippen LogP contribution >= 0.6 is 11.3 Å². The summed E-state index contributed by atoms with van der Waals surface area (Å²) < 4.78 is 1.04. The zero-order valence-corrected chi connectivity index (χ0v) is 17.9. The van der Waals surface area contributed by atoms with E-state index in [9.17, 15) is 9.59 Å². The normalized spacial score (nSPS) is 10.9. The SMILES string of the molecule is CC(=O)c1ccc(C(=O)N(Cc2ccccn2)c2nc3cc(C)c(C)cc3s2)cc1. The molecule has 0 N–H and O–H groups in total. The average molecular weight is 416 g/mol. The number of nitrogens with zero attached hydrogens (tertiary/aromatic N) is 3. The summed E-state index contributed by atoms with van der Waals surface area (Å²) in [5.41, 5.74) is 5.10. The van der Waals surface area contributed by atoms with Gasteiger partial charge in [0.2, 0.25) is 0 Å². The Morgan fingerprint density at radius 1 is 0.967 bits per heavy atom. The second kappa shape index (κ2) is 8.16. The fraction of sp³-hybridized carbons (Fsp3) is 0.167. The van der Waals surface area contributed by atoms with E-state index in [1.807, 2.05) is 18.2 Å². The maximum absolute atomic E-state index is 13.4. The van der Waals surface area contributed by atoms with Crippen molar-refractivity contribution in [1.82, 2.24) is 9.97 Å². The molecule has 4 rings (SSSR count). The Kier molecular flexibility index (Phi) is 5.42. The van der Waals surface area contributed by atoms with Crippen LogP contribution < -0.4 is 4.90 Å². The van der Waals surface area contributed by atoms with E-state index < -0.39 is 0 Å². The molecule has 0 saturated heterocycles. The summed E-state index contributed by atoms with van der Waals surface area (Å²) >= 11 is 1.49. The topological polar surface area (TPSA) is 63.2 Å². The van der Waals surface area contributed by atoms with E-state index in [-0.39, 0.29) is 11.7 Å². The van der Waals surface area contributed by atoms with Gasteiger partial charge in [-0.3, -0.25) is 19.5 Å². The van der Waals surface area contributed by atoms with Crippen molar-refractivity contribution in [2.45, 2.75) is 27.3 Å². The molecule has 0 aliphatic heterocycles. The summed E-state index contributed by atoms with van der Waals surface area (Å²) in [6.45, 7) is 5.95. The van der Waals surface area contributed by atoms with Crippen LogP contribution in [-0.2, 0) is 6.54 Å². The molecule has 0 unspecified atom stereocenters. The first kappa shape index (κ1) is 19.9. The number of thiazole rings is 1. The van der Waals surface area contributed by atoms with Crippen molar-refractivity contribution in [3.05, 3.63) is 88.7 Å². The van der Waals surface area contributed by atoms with Crippen molar-refractivity contribution in [2.75, 3.05) is 4.90 Å². The van der Waals surface area contributed by atoms with Crippen molar-refractivity contribution in [1.29, 1.82) is 0 Å². The predicted octanol–water partition coefficient (Wildman–Crippen LogP) is 5.36. The van der Waals surface area contributed by atoms with Crippen LogP contribution in [0.1, 0.15) is 44.5 Å². The maximum Gasteiger partial charge on any atom is 0.260 e. The molecule has 30 heavy (non-hydrogen) atoms. The monoisotopic (exact) mass is 415 g/mol. The molecule has 2 heterocycles. The number of amides is 1. The summed E-state index contributed by atoms with van der Waals surface area (Å²) in [4.78, 5) is 35.8. The second-order valence-electron chi connectivity index (χ2n) is 7.25. The number of Topliss-reactive ketones (excluding diaryl/α,β-unsaturated/α-hetero) is 1. The molecule has 150 valence electrons. The lowest BCUT2D eigenvalue weighted by atomic mass is 10.1. The Labute approximate surface area is 179 Å². The molecule has 0 radical (unpaired) electrons. The fourth-order valence-electron chi connectivity index (χ4n) is 3.17. The molecule has 5 nitrogen and oxygen atoms in total.